The number of rotatable bonds is 2. The molecular formula is C28H41NO5S. The first-order valence-corrected chi connectivity index (χ1v) is 13.5. The van der Waals surface area contributed by atoms with Crippen LogP contribution in [0.3, 0.4) is 0 Å². The summed E-state index contributed by atoms with van der Waals surface area (Å²) in [5.41, 5.74) is 1.76. The molecule has 0 amide bonds. The molecule has 7 heteroatoms. The molecular weight excluding hydrogens is 462 g/mol. The van der Waals surface area contributed by atoms with E-state index in [9.17, 15) is 19.8 Å². The molecule has 1 saturated carbocycles. The normalized spacial score (nSPS) is 35.2. The minimum Gasteiger partial charge on any atom is -0.457 e. The van der Waals surface area contributed by atoms with E-state index in [0.29, 0.717) is 18.3 Å². The third-order valence-electron chi connectivity index (χ3n) is 8.00. The molecule has 1 aromatic rings. The first-order chi connectivity index (χ1) is 16.3. The van der Waals surface area contributed by atoms with Crippen LogP contribution in [0.15, 0.2) is 22.6 Å². The molecule has 0 saturated heterocycles. The van der Waals surface area contributed by atoms with Gasteiger partial charge in [0.05, 0.1) is 34.7 Å². The predicted molar refractivity (Wildman–Crippen MR) is 139 cm³/mol. The molecule has 3 rings (SSSR count). The number of esters is 1. The van der Waals surface area contributed by atoms with Crippen LogP contribution in [0.4, 0.5) is 0 Å². The van der Waals surface area contributed by atoms with Crippen molar-refractivity contribution in [1.82, 2.24) is 4.98 Å². The topological polar surface area (TPSA) is 96.7 Å². The Morgan fingerprint density at radius 1 is 1.20 bits per heavy atom. The number of Topliss-reactive ketones (excluding diaryl/α,β-unsaturated/α-hetero) is 1. The minimum atomic E-state index is -1.21. The molecule has 194 valence electrons. The fraction of sp³-hybridized carbons (Fsp3) is 0.679. The number of fused-ring (bicyclic) bond motifs is 1. The van der Waals surface area contributed by atoms with Crippen LogP contribution < -0.4 is 0 Å². The fourth-order valence-electron chi connectivity index (χ4n) is 5.29. The Hall–Kier alpha value is -1.83. The number of aromatic nitrogens is 1. The number of hydrogen-bond donors (Lipinski definition) is 2. The van der Waals surface area contributed by atoms with Gasteiger partial charge in [-0.05, 0) is 63.0 Å². The molecule has 2 N–H and O–H groups in total. The Bertz CT molecular complexity index is 993. The number of allylic oxidation sites excluding steroid dienone is 1. The molecule has 0 spiro atoms. The number of carbonyl (C=O) groups excluding carboxylic acids is 2. The maximum atomic E-state index is 13.3. The lowest BCUT2D eigenvalue weighted by atomic mass is 9.72. The van der Waals surface area contributed by atoms with E-state index in [1.807, 2.05) is 32.2 Å². The van der Waals surface area contributed by atoms with E-state index in [2.05, 4.69) is 18.0 Å². The van der Waals surface area contributed by atoms with E-state index in [-0.39, 0.29) is 18.1 Å². The minimum absolute atomic E-state index is 0.00272. The standard InChI is InChI=1S/C28H41NO5S/c1-15-8-9-23(16(2)11-21-14-35-19(5)29-21)34-25(31)13-24(30)28(6,7)27(33)18(4)26(32)17(3)22-12-20(22)10-15/h8,11,14,17-18,20,22-24,26,30,32H,9-10,12-13H2,1-7H3/t17-,18+,20?,22?,23-,24-,26-/m0/s1. The van der Waals surface area contributed by atoms with Crippen molar-refractivity contribution >= 4 is 29.2 Å². The van der Waals surface area contributed by atoms with Gasteiger partial charge in [0.15, 0.2) is 0 Å². The van der Waals surface area contributed by atoms with Gasteiger partial charge in [0.25, 0.3) is 0 Å². The summed E-state index contributed by atoms with van der Waals surface area (Å²) in [5.74, 6) is -0.544. The Kier molecular flexibility index (Phi) is 8.77. The summed E-state index contributed by atoms with van der Waals surface area (Å²) in [7, 11) is 0. The molecule has 0 bridgehead atoms. The summed E-state index contributed by atoms with van der Waals surface area (Å²) in [6.45, 7) is 13.0. The summed E-state index contributed by atoms with van der Waals surface area (Å²) < 4.78 is 5.84. The molecule has 2 heterocycles. The average Bonchev–Trinajstić information content (AvgIpc) is 3.43. The van der Waals surface area contributed by atoms with E-state index >= 15 is 0 Å². The van der Waals surface area contributed by atoms with Crippen molar-refractivity contribution < 1.29 is 24.5 Å². The second kappa shape index (κ2) is 11.1. The van der Waals surface area contributed by atoms with Gasteiger partial charge in [-0.2, -0.15) is 0 Å². The van der Waals surface area contributed by atoms with Gasteiger partial charge >= 0.3 is 5.97 Å². The summed E-state index contributed by atoms with van der Waals surface area (Å²) >= 11 is 1.57. The highest BCUT2D eigenvalue weighted by atomic mass is 32.1. The summed E-state index contributed by atoms with van der Waals surface area (Å²) in [6.07, 6.45) is 3.83. The molecule has 1 aromatic heterocycles. The summed E-state index contributed by atoms with van der Waals surface area (Å²) in [6, 6.07) is 0. The number of cyclic esters (lactones) is 1. The number of aliphatic hydroxyl groups excluding tert-OH is 2. The second-order valence-corrected chi connectivity index (χ2v) is 12.3. The van der Waals surface area contributed by atoms with Crippen molar-refractivity contribution in [2.45, 2.75) is 92.5 Å². The van der Waals surface area contributed by atoms with E-state index in [1.54, 1.807) is 32.1 Å². The zero-order chi connectivity index (χ0) is 26.1. The number of ketones is 1. The monoisotopic (exact) mass is 503 g/mol. The molecule has 7 atom stereocenters. The lowest BCUT2D eigenvalue weighted by molar-refractivity contribution is -0.154. The molecule has 6 nitrogen and oxygen atoms in total. The van der Waals surface area contributed by atoms with Gasteiger partial charge in [0.2, 0.25) is 0 Å². The molecule has 1 fully saturated rings. The zero-order valence-electron chi connectivity index (χ0n) is 22.1. The van der Waals surface area contributed by atoms with Crippen LogP contribution in [-0.4, -0.2) is 45.3 Å². The highest BCUT2D eigenvalue weighted by Crippen LogP contribution is 2.50. The smallest absolute Gasteiger partial charge is 0.309 e. The van der Waals surface area contributed by atoms with Crippen molar-refractivity contribution in [2.75, 3.05) is 0 Å². The first-order valence-electron chi connectivity index (χ1n) is 12.7. The third kappa shape index (κ3) is 6.69. The van der Waals surface area contributed by atoms with Crippen LogP contribution in [-0.2, 0) is 14.3 Å². The predicted octanol–water partition coefficient (Wildman–Crippen LogP) is 5.12. The number of carbonyl (C=O) groups is 2. The second-order valence-electron chi connectivity index (χ2n) is 11.3. The van der Waals surface area contributed by atoms with E-state index in [1.165, 1.54) is 5.57 Å². The van der Waals surface area contributed by atoms with Crippen LogP contribution in [0.1, 0.15) is 77.9 Å². The van der Waals surface area contributed by atoms with Crippen molar-refractivity contribution in [3.63, 3.8) is 0 Å². The van der Waals surface area contributed by atoms with Crippen molar-refractivity contribution in [2.24, 2.45) is 29.1 Å². The number of thiazole rings is 1. The summed E-state index contributed by atoms with van der Waals surface area (Å²) in [4.78, 5) is 30.7. The highest BCUT2D eigenvalue weighted by molar-refractivity contribution is 7.09. The molecule has 35 heavy (non-hydrogen) atoms. The number of hydrogen-bond acceptors (Lipinski definition) is 7. The van der Waals surface area contributed by atoms with Crippen LogP contribution in [0.25, 0.3) is 6.08 Å². The number of nitrogens with zero attached hydrogens (tertiary/aromatic N) is 1. The van der Waals surface area contributed by atoms with Gasteiger partial charge in [-0.3, -0.25) is 9.59 Å². The molecule has 1 aliphatic heterocycles. The highest BCUT2D eigenvalue weighted by Gasteiger charge is 2.47. The SMILES string of the molecule is CC1=CC[C@@H](C(C)=Cc2csc(C)n2)OC(=O)C[C@H](O)C(C)(C)C(=O)[C@H](C)[C@@H](O)[C@@H](C)C2CC2C1. The van der Waals surface area contributed by atoms with E-state index in [4.69, 9.17) is 4.74 Å². The maximum absolute atomic E-state index is 13.3. The van der Waals surface area contributed by atoms with Gasteiger partial charge in [-0.15, -0.1) is 11.3 Å². The Morgan fingerprint density at radius 3 is 2.51 bits per heavy atom. The lowest BCUT2D eigenvalue weighted by Gasteiger charge is -2.34. The first kappa shape index (κ1) is 27.8. The van der Waals surface area contributed by atoms with Crippen molar-refractivity contribution in [3.05, 3.63) is 33.3 Å². The van der Waals surface area contributed by atoms with Gasteiger partial charge in [0.1, 0.15) is 11.9 Å². The molecule has 0 radical (unpaired) electrons. The van der Waals surface area contributed by atoms with Crippen LogP contribution >= 0.6 is 11.3 Å². The van der Waals surface area contributed by atoms with Gasteiger partial charge in [-0.1, -0.05) is 39.3 Å². The molecule has 1 aliphatic carbocycles. The Labute approximate surface area is 213 Å². The number of ether oxygens (including phenoxy) is 1. The van der Waals surface area contributed by atoms with Crippen molar-refractivity contribution in [3.8, 4) is 0 Å². The number of aryl methyl sites for hydroxylation is 1. The van der Waals surface area contributed by atoms with E-state index in [0.717, 1.165) is 29.1 Å². The maximum Gasteiger partial charge on any atom is 0.309 e. The Balaban J connectivity index is 1.89. The third-order valence-corrected chi connectivity index (χ3v) is 8.80. The lowest BCUT2D eigenvalue weighted by Crippen LogP contribution is -2.46. The molecule has 0 aromatic carbocycles. The molecule has 2 unspecified atom stereocenters. The zero-order valence-corrected chi connectivity index (χ0v) is 22.9. The van der Waals surface area contributed by atoms with Crippen LogP contribution in [0.2, 0.25) is 0 Å². The van der Waals surface area contributed by atoms with Gasteiger partial charge in [0, 0.05) is 17.7 Å². The molecule has 2 aliphatic rings. The van der Waals surface area contributed by atoms with Crippen LogP contribution in [0.5, 0.6) is 0 Å². The van der Waals surface area contributed by atoms with E-state index < -0.39 is 35.6 Å². The average molecular weight is 504 g/mol. The van der Waals surface area contributed by atoms with Crippen molar-refractivity contribution in [1.29, 1.82) is 0 Å². The van der Waals surface area contributed by atoms with Gasteiger partial charge < -0.3 is 14.9 Å². The van der Waals surface area contributed by atoms with Gasteiger partial charge in [-0.25, -0.2) is 4.98 Å². The largest absolute Gasteiger partial charge is 0.457 e. The Morgan fingerprint density at radius 2 is 1.89 bits per heavy atom. The quantitative estimate of drug-likeness (QED) is 0.429. The van der Waals surface area contributed by atoms with Crippen LogP contribution in [0, 0.1) is 36.0 Å². The number of aliphatic hydroxyl groups is 2. The fourth-order valence-corrected chi connectivity index (χ4v) is 5.86. The summed E-state index contributed by atoms with van der Waals surface area (Å²) in [5, 5.41) is 24.8.